The predicted molar refractivity (Wildman–Crippen MR) is 106 cm³/mol. The van der Waals surface area contributed by atoms with Gasteiger partial charge in [0.05, 0.1) is 19.3 Å². The number of nitrogens with one attached hydrogen (secondary N) is 1. The minimum Gasteiger partial charge on any atom is -0.494 e. The van der Waals surface area contributed by atoms with Crippen LogP contribution in [0.2, 0.25) is 0 Å². The molecule has 1 N–H and O–H groups in total. The number of benzene rings is 2. The van der Waals surface area contributed by atoms with E-state index in [1.165, 1.54) is 19.2 Å². The molecule has 1 saturated heterocycles. The molecule has 1 atom stereocenters. The largest absolute Gasteiger partial charge is 0.494 e. The van der Waals surface area contributed by atoms with Crippen molar-refractivity contribution in [1.82, 2.24) is 4.90 Å². The number of carbonyl (C=O) groups is 2. The zero-order valence-corrected chi connectivity index (χ0v) is 16.2. The van der Waals surface area contributed by atoms with Gasteiger partial charge in [-0.2, -0.15) is 0 Å². The lowest BCUT2D eigenvalue weighted by molar-refractivity contribution is 0.0548. The van der Waals surface area contributed by atoms with Gasteiger partial charge in [0.25, 0.3) is 11.8 Å². The normalized spacial score (nSPS) is 18.6. The molecule has 7 heteroatoms. The van der Waals surface area contributed by atoms with E-state index in [-0.39, 0.29) is 23.3 Å². The van der Waals surface area contributed by atoms with Crippen LogP contribution in [0, 0.1) is 5.82 Å². The Kier molecular flexibility index (Phi) is 5.38. The lowest BCUT2D eigenvalue weighted by Crippen LogP contribution is -2.45. The molecule has 152 valence electrons. The number of nitrogens with zero attached hydrogens (tertiary/aromatic N) is 1. The van der Waals surface area contributed by atoms with Gasteiger partial charge < -0.3 is 19.7 Å². The molecule has 1 fully saturated rings. The van der Waals surface area contributed by atoms with Crippen molar-refractivity contribution in [2.75, 3.05) is 25.6 Å². The Hall–Kier alpha value is -3.09. The second-order valence-electron chi connectivity index (χ2n) is 7.30. The van der Waals surface area contributed by atoms with Crippen LogP contribution in [0.25, 0.3) is 0 Å². The van der Waals surface area contributed by atoms with Gasteiger partial charge in [-0.25, -0.2) is 4.39 Å². The highest BCUT2D eigenvalue weighted by atomic mass is 19.1. The van der Waals surface area contributed by atoms with Crippen molar-refractivity contribution in [2.45, 2.75) is 31.7 Å². The van der Waals surface area contributed by atoms with Gasteiger partial charge in [-0.05, 0) is 55.7 Å². The number of piperidine rings is 1. The first-order chi connectivity index (χ1) is 14.1. The summed E-state index contributed by atoms with van der Waals surface area (Å²) in [6, 6.07) is 9.21. The first-order valence-corrected chi connectivity index (χ1v) is 9.79. The van der Waals surface area contributed by atoms with Crippen molar-refractivity contribution in [3.8, 4) is 11.5 Å². The number of rotatable bonds is 3. The Balaban J connectivity index is 1.58. The molecule has 0 saturated carbocycles. The van der Waals surface area contributed by atoms with Gasteiger partial charge in [0.1, 0.15) is 5.75 Å². The molecule has 0 spiro atoms. The molecule has 2 aliphatic rings. The number of amides is 2. The van der Waals surface area contributed by atoms with Gasteiger partial charge in [0.2, 0.25) is 0 Å². The first-order valence-electron chi connectivity index (χ1n) is 9.79. The van der Waals surface area contributed by atoms with E-state index in [4.69, 9.17) is 9.47 Å². The summed E-state index contributed by atoms with van der Waals surface area (Å²) in [6.45, 7) is 1.29. The summed E-state index contributed by atoms with van der Waals surface area (Å²) in [5.74, 6) is -0.565. The van der Waals surface area contributed by atoms with E-state index in [9.17, 15) is 14.0 Å². The van der Waals surface area contributed by atoms with Crippen LogP contribution in [0.3, 0.4) is 0 Å². The third kappa shape index (κ3) is 3.90. The highest BCUT2D eigenvalue weighted by Gasteiger charge is 2.31. The molecule has 4 rings (SSSR count). The van der Waals surface area contributed by atoms with Crippen LogP contribution in [-0.4, -0.2) is 43.0 Å². The number of hydrogen-bond donors (Lipinski definition) is 1. The van der Waals surface area contributed by atoms with Crippen molar-refractivity contribution in [3.63, 3.8) is 0 Å². The summed E-state index contributed by atoms with van der Waals surface area (Å²) in [5.41, 5.74) is 1.06. The quantitative estimate of drug-likeness (QED) is 0.853. The number of halogens is 1. The predicted octanol–water partition coefficient (Wildman–Crippen LogP) is 3.86. The average molecular weight is 398 g/mol. The van der Waals surface area contributed by atoms with Gasteiger partial charge in [0, 0.05) is 30.3 Å². The maximum Gasteiger partial charge on any atom is 0.257 e. The highest BCUT2D eigenvalue weighted by Crippen LogP contribution is 2.31. The van der Waals surface area contributed by atoms with E-state index >= 15 is 0 Å². The van der Waals surface area contributed by atoms with E-state index in [0.717, 1.165) is 38.3 Å². The number of methoxy groups -OCH3 is 1. The minimum absolute atomic E-state index is 0.0708. The summed E-state index contributed by atoms with van der Waals surface area (Å²) >= 11 is 0. The van der Waals surface area contributed by atoms with Crippen LogP contribution in [0.15, 0.2) is 36.4 Å². The van der Waals surface area contributed by atoms with Gasteiger partial charge in [-0.1, -0.05) is 0 Å². The van der Waals surface area contributed by atoms with Gasteiger partial charge in [-0.3, -0.25) is 9.59 Å². The van der Waals surface area contributed by atoms with E-state index in [2.05, 4.69) is 5.32 Å². The van der Waals surface area contributed by atoms with Gasteiger partial charge in [0.15, 0.2) is 11.6 Å². The topological polar surface area (TPSA) is 67.9 Å². The van der Waals surface area contributed by atoms with Crippen LogP contribution in [-0.2, 0) is 0 Å². The fraction of sp³-hybridized carbons (Fsp3) is 0.364. The number of carbonyl (C=O) groups excluding carboxylic acids is 2. The van der Waals surface area contributed by atoms with Crippen molar-refractivity contribution in [2.24, 2.45) is 0 Å². The Morgan fingerprint density at radius 2 is 2.07 bits per heavy atom. The molecule has 2 aliphatic heterocycles. The van der Waals surface area contributed by atoms with Gasteiger partial charge in [-0.15, -0.1) is 0 Å². The number of fused-ring (bicyclic) bond motifs is 2. The van der Waals surface area contributed by atoms with Crippen molar-refractivity contribution >= 4 is 17.5 Å². The fourth-order valence-electron chi connectivity index (χ4n) is 3.94. The number of hydrogen-bond acceptors (Lipinski definition) is 4. The number of anilines is 1. The van der Waals surface area contributed by atoms with E-state index in [1.807, 2.05) is 4.90 Å². The van der Waals surface area contributed by atoms with Crippen molar-refractivity contribution in [3.05, 3.63) is 53.3 Å². The highest BCUT2D eigenvalue weighted by molar-refractivity contribution is 6.05. The molecule has 2 amide bonds. The fourth-order valence-corrected chi connectivity index (χ4v) is 3.94. The Bertz CT molecular complexity index is 946. The molecule has 0 radical (unpaired) electrons. The van der Waals surface area contributed by atoms with E-state index in [1.54, 1.807) is 18.2 Å². The molecule has 0 aromatic heterocycles. The maximum absolute atomic E-state index is 13.9. The lowest BCUT2D eigenvalue weighted by atomic mass is 9.97. The smallest absolute Gasteiger partial charge is 0.257 e. The number of ether oxygens (including phenoxy) is 2. The summed E-state index contributed by atoms with van der Waals surface area (Å²) in [7, 11) is 1.36. The van der Waals surface area contributed by atoms with Crippen LogP contribution >= 0.6 is 0 Å². The third-order valence-electron chi connectivity index (χ3n) is 5.48. The molecule has 2 aromatic rings. The molecule has 2 heterocycles. The molecule has 29 heavy (non-hydrogen) atoms. The SMILES string of the molecule is COc1ccc(C(=O)Nc2ccc3c(c2)C(=O)N2CCCC[C@H]2CCO3)cc1F. The van der Waals surface area contributed by atoms with E-state index < -0.39 is 11.7 Å². The summed E-state index contributed by atoms with van der Waals surface area (Å²) in [6.07, 6.45) is 3.93. The Labute approximate surface area is 168 Å². The second kappa shape index (κ2) is 8.11. The van der Waals surface area contributed by atoms with Crippen molar-refractivity contribution < 1.29 is 23.5 Å². The summed E-state index contributed by atoms with van der Waals surface area (Å²) in [4.78, 5) is 27.6. The molecular weight excluding hydrogens is 375 g/mol. The molecular formula is C22H23FN2O4. The van der Waals surface area contributed by atoms with Crippen LogP contribution in [0.4, 0.5) is 10.1 Å². The Morgan fingerprint density at radius 3 is 2.86 bits per heavy atom. The Morgan fingerprint density at radius 1 is 1.21 bits per heavy atom. The second-order valence-corrected chi connectivity index (χ2v) is 7.30. The van der Waals surface area contributed by atoms with Gasteiger partial charge >= 0.3 is 0 Å². The van der Waals surface area contributed by atoms with Crippen LogP contribution in [0.1, 0.15) is 46.4 Å². The van der Waals surface area contributed by atoms with E-state index in [0.29, 0.717) is 23.6 Å². The molecule has 0 unspecified atom stereocenters. The van der Waals surface area contributed by atoms with Crippen LogP contribution in [0.5, 0.6) is 11.5 Å². The lowest BCUT2D eigenvalue weighted by Gasteiger charge is -2.37. The molecule has 2 aromatic carbocycles. The first kappa shape index (κ1) is 19.2. The minimum atomic E-state index is -0.613. The monoisotopic (exact) mass is 398 g/mol. The molecule has 0 bridgehead atoms. The average Bonchev–Trinajstić information content (AvgIpc) is 2.73. The van der Waals surface area contributed by atoms with Crippen molar-refractivity contribution in [1.29, 1.82) is 0 Å². The maximum atomic E-state index is 13.9. The van der Waals surface area contributed by atoms with Crippen LogP contribution < -0.4 is 14.8 Å². The standard InChI is InChI=1S/C22H23FN2O4/c1-28-20-7-5-14(12-18(20)23)21(26)24-15-6-8-19-17(13-15)22(27)25-10-3-2-4-16(25)9-11-29-19/h5-8,12-13,16H,2-4,9-11H2,1H3,(H,24,26)/t16-/m0/s1. The summed E-state index contributed by atoms with van der Waals surface area (Å²) < 4.78 is 24.6. The zero-order chi connectivity index (χ0) is 20.4. The third-order valence-corrected chi connectivity index (χ3v) is 5.48. The molecule has 6 nitrogen and oxygen atoms in total. The molecule has 0 aliphatic carbocycles. The zero-order valence-electron chi connectivity index (χ0n) is 16.2. The summed E-state index contributed by atoms with van der Waals surface area (Å²) in [5, 5.41) is 2.73.